The van der Waals surface area contributed by atoms with Gasteiger partial charge in [0.25, 0.3) is 0 Å². The molecule has 4 heteroatoms. The van der Waals surface area contributed by atoms with E-state index in [1.165, 1.54) is 4.90 Å². The number of halogens is 1. The Kier molecular flexibility index (Phi) is 2.64. The molecule has 0 saturated carbocycles. The first-order valence-electron chi connectivity index (χ1n) is 4.54. The van der Waals surface area contributed by atoms with Crippen LogP contribution in [-0.4, -0.2) is 17.3 Å². The number of amides is 1. The number of para-hydroxylation sites is 1. The van der Waals surface area contributed by atoms with E-state index in [-0.39, 0.29) is 0 Å². The van der Waals surface area contributed by atoms with Crippen LogP contribution in [0, 0.1) is 0 Å². The zero-order valence-electron chi connectivity index (χ0n) is 8.24. The number of carbonyl (C=O) groups is 1. The third-order valence-electron chi connectivity index (χ3n) is 2.27. The van der Waals surface area contributed by atoms with Gasteiger partial charge in [0.2, 0.25) is 0 Å². The molecule has 2 aromatic rings. The number of nitrogens with zero attached hydrogens (tertiary/aromatic N) is 1. The lowest BCUT2D eigenvalue weighted by molar-refractivity contribution is 0.230. The van der Waals surface area contributed by atoms with E-state index in [0.29, 0.717) is 6.54 Å². The fraction of sp³-hybridized carbons (Fsp3) is 0.182. The number of hydrogen-bond acceptors (Lipinski definition) is 2. The van der Waals surface area contributed by atoms with Crippen LogP contribution in [0.15, 0.2) is 34.9 Å². The molecule has 1 aromatic carbocycles. The highest BCUT2D eigenvalue weighted by Gasteiger charge is 2.10. The topological polar surface area (TPSA) is 33.5 Å². The molecule has 0 fully saturated rings. The number of rotatable bonds is 2. The Balaban J connectivity index is 2.32. The molecule has 0 spiro atoms. The maximum Gasteiger partial charge on any atom is 0.316 e. The van der Waals surface area contributed by atoms with Gasteiger partial charge in [0.15, 0.2) is 0 Å². The smallest absolute Gasteiger partial charge is 0.316 e. The van der Waals surface area contributed by atoms with E-state index in [1.807, 2.05) is 24.3 Å². The first-order chi connectivity index (χ1) is 7.18. The highest BCUT2D eigenvalue weighted by molar-refractivity contribution is 6.62. The van der Waals surface area contributed by atoms with Crippen molar-refractivity contribution in [2.75, 3.05) is 7.05 Å². The number of hydrogen-bond donors (Lipinski definition) is 0. The Morgan fingerprint density at radius 3 is 2.93 bits per heavy atom. The molecule has 0 atom stereocenters. The quantitative estimate of drug-likeness (QED) is 0.579. The molecule has 0 aliphatic heterocycles. The summed E-state index contributed by atoms with van der Waals surface area (Å²) in [7, 11) is 1.65. The second kappa shape index (κ2) is 3.95. The van der Waals surface area contributed by atoms with Gasteiger partial charge < -0.3 is 9.32 Å². The lowest BCUT2D eigenvalue weighted by Gasteiger charge is -2.11. The van der Waals surface area contributed by atoms with E-state index >= 15 is 0 Å². The van der Waals surface area contributed by atoms with E-state index < -0.39 is 5.37 Å². The van der Waals surface area contributed by atoms with Crippen LogP contribution >= 0.6 is 11.6 Å². The van der Waals surface area contributed by atoms with Crippen molar-refractivity contribution >= 4 is 27.9 Å². The predicted octanol–water partition coefficient (Wildman–Crippen LogP) is 3.22. The molecule has 0 N–H and O–H groups in total. The van der Waals surface area contributed by atoms with Crippen LogP contribution in [0.4, 0.5) is 4.79 Å². The summed E-state index contributed by atoms with van der Waals surface area (Å²) >= 11 is 5.35. The Labute approximate surface area is 92.2 Å². The molecule has 78 valence electrons. The standard InChI is InChI=1S/C11H10ClNO2/c1-13(11(12)14)6-8-7-15-10-5-3-2-4-9(8)10/h2-5,7H,6H2,1H3. The van der Waals surface area contributed by atoms with Crippen molar-refractivity contribution in [2.45, 2.75) is 6.54 Å². The third kappa shape index (κ3) is 1.97. The van der Waals surface area contributed by atoms with Crippen molar-refractivity contribution in [3.8, 4) is 0 Å². The van der Waals surface area contributed by atoms with Crippen molar-refractivity contribution in [1.82, 2.24) is 4.90 Å². The van der Waals surface area contributed by atoms with E-state index in [9.17, 15) is 4.79 Å². The first kappa shape index (κ1) is 10.1. The average Bonchev–Trinajstić information content (AvgIpc) is 2.62. The molecule has 2 rings (SSSR count). The Bertz CT molecular complexity index is 492. The summed E-state index contributed by atoms with van der Waals surface area (Å²) in [6, 6.07) is 7.69. The Hall–Kier alpha value is -1.48. The number of carbonyl (C=O) groups excluding carboxylic acids is 1. The van der Waals surface area contributed by atoms with E-state index in [1.54, 1.807) is 13.3 Å². The van der Waals surface area contributed by atoms with Gasteiger partial charge in [0, 0.05) is 18.0 Å². The summed E-state index contributed by atoms with van der Waals surface area (Å²) in [4.78, 5) is 12.3. The molecular weight excluding hydrogens is 214 g/mol. The van der Waals surface area contributed by atoms with Crippen LogP contribution in [0.2, 0.25) is 0 Å². The van der Waals surface area contributed by atoms with Gasteiger partial charge in [-0.3, -0.25) is 4.79 Å². The molecule has 0 unspecified atom stereocenters. The van der Waals surface area contributed by atoms with Gasteiger partial charge in [-0.2, -0.15) is 0 Å². The molecule has 1 amide bonds. The summed E-state index contributed by atoms with van der Waals surface area (Å²) in [6.07, 6.45) is 1.65. The first-order valence-corrected chi connectivity index (χ1v) is 4.92. The van der Waals surface area contributed by atoms with Gasteiger partial charge in [0.1, 0.15) is 5.58 Å². The maximum absolute atomic E-state index is 10.9. The van der Waals surface area contributed by atoms with Crippen molar-refractivity contribution in [2.24, 2.45) is 0 Å². The van der Waals surface area contributed by atoms with Crippen molar-refractivity contribution < 1.29 is 9.21 Å². The van der Waals surface area contributed by atoms with Crippen LogP contribution in [0.1, 0.15) is 5.56 Å². The maximum atomic E-state index is 10.9. The van der Waals surface area contributed by atoms with E-state index in [4.69, 9.17) is 16.0 Å². The van der Waals surface area contributed by atoms with Gasteiger partial charge in [-0.15, -0.1) is 0 Å². The Morgan fingerprint density at radius 2 is 2.20 bits per heavy atom. The third-order valence-corrected chi connectivity index (χ3v) is 2.56. The predicted molar refractivity (Wildman–Crippen MR) is 58.9 cm³/mol. The van der Waals surface area contributed by atoms with Gasteiger partial charge >= 0.3 is 5.37 Å². The minimum absolute atomic E-state index is 0.458. The van der Waals surface area contributed by atoms with Crippen LogP contribution in [0.5, 0.6) is 0 Å². The van der Waals surface area contributed by atoms with E-state index in [0.717, 1.165) is 16.5 Å². The minimum atomic E-state index is -0.472. The highest BCUT2D eigenvalue weighted by atomic mass is 35.5. The fourth-order valence-electron chi connectivity index (χ4n) is 1.47. The minimum Gasteiger partial charge on any atom is -0.464 e. The van der Waals surface area contributed by atoms with Gasteiger partial charge in [0.05, 0.1) is 12.8 Å². The lowest BCUT2D eigenvalue weighted by atomic mass is 10.2. The molecule has 1 aromatic heterocycles. The molecule has 0 aliphatic rings. The van der Waals surface area contributed by atoms with Crippen LogP contribution in [-0.2, 0) is 6.54 Å². The van der Waals surface area contributed by atoms with Crippen LogP contribution < -0.4 is 0 Å². The highest BCUT2D eigenvalue weighted by Crippen LogP contribution is 2.21. The Morgan fingerprint density at radius 1 is 1.47 bits per heavy atom. The number of fused-ring (bicyclic) bond motifs is 1. The van der Waals surface area contributed by atoms with Gasteiger partial charge in [-0.05, 0) is 17.7 Å². The molecular formula is C11H10ClNO2. The summed E-state index contributed by atoms with van der Waals surface area (Å²) in [5.74, 6) is 0. The average molecular weight is 224 g/mol. The monoisotopic (exact) mass is 223 g/mol. The summed E-state index contributed by atoms with van der Waals surface area (Å²) in [6.45, 7) is 0.458. The summed E-state index contributed by atoms with van der Waals surface area (Å²) in [5.41, 5.74) is 1.78. The summed E-state index contributed by atoms with van der Waals surface area (Å²) < 4.78 is 5.35. The fourth-order valence-corrected chi connectivity index (χ4v) is 1.53. The molecule has 0 saturated heterocycles. The molecule has 15 heavy (non-hydrogen) atoms. The zero-order valence-corrected chi connectivity index (χ0v) is 8.99. The van der Waals surface area contributed by atoms with Gasteiger partial charge in [-0.25, -0.2) is 0 Å². The van der Waals surface area contributed by atoms with Crippen molar-refractivity contribution in [3.05, 3.63) is 36.1 Å². The molecule has 0 radical (unpaired) electrons. The van der Waals surface area contributed by atoms with E-state index in [2.05, 4.69) is 0 Å². The molecule has 0 bridgehead atoms. The van der Waals surface area contributed by atoms with Crippen molar-refractivity contribution in [3.63, 3.8) is 0 Å². The summed E-state index contributed by atoms with van der Waals surface area (Å²) in [5, 5.41) is 0.544. The molecule has 0 aliphatic carbocycles. The SMILES string of the molecule is CN(Cc1coc2ccccc12)C(=O)Cl. The van der Waals surface area contributed by atoms with Gasteiger partial charge in [-0.1, -0.05) is 18.2 Å². The number of benzene rings is 1. The second-order valence-corrected chi connectivity index (χ2v) is 3.69. The van der Waals surface area contributed by atoms with Crippen LogP contribution in [0.3, 0.4) is 0 Å². The normalized spacial score (nSPS) is 10.5. The van der Waals surface area contributed by atoms with Crippen molar-refractivity contribution in [1.29, 1.82) is 0 Å². The number of furan rings is 1. The molecule has 3 nitrogen and oxygen atoms in total. The molecule has 1 heterocycles. The van der Waals surface area contributed by atoms with Crippen LogP contribution in [0.25, 0.3) is 11.0 Å². The lowest BCUT2D eigenvalue weighted by Crippen LogP contribution is -2.19. The largest absolute Gasteiger partial charge is 0.464 e. The second-order valence-electron chi connectivity index (χ2n) is 3.37. The zero-order chi connectivity index (χ0) is 10.8.